The van der Waals surface area contributed by atoms with Gasteiger partial charge in [0.05, 0.1) is 0 Å². The second-order valence-electron chi connectivity index (χ2n) is 10.2. The second-order valence-corrected chi connectivity index (χ2v) is 10.2. The Bertz CT molecular complexity index is 1430. The van der Waals surface area contributed by atoms with Crippen LogP contribution in [0.15, 0.2) is 97.1 Å². The summed E-state index contributed by atoms with van der Waals surface area (Å²) < 4.78 is 0. The minimum Gasteiger partial charge on any atom is -0.350 e. The molecule has 0 unspecified atom stereocenters. The fraction of sp³-hybridized carbons (Fsp3) is 0.188. The van der Waals surface area contributed by atoms with E-state index in [-0.39, 0.29) is 12.3 Å². The van der Waals surface area contributed by atoms with E-state index >= 15 is 0 Å². The molecule has 0 bridgehead atoms. The molecule has 36 heavy (non-hydrogen) atoms. The molecule has 4 heteroatoms. The highest BCUT2D eigenvalue weighted by atomic mass is 15.4. The first-order chi connectivity index (χ1) is 17.5. The molecular weight excluding hydrogens is 440 g/mol. The molecule has 0 amide bonds. The van der Waals surface area contributed by atoms with Gasteiger partial charge in [-0.25, -0.2) is 0 Å². The van der Waals surface area contributed by atoms with Gasteiger partial charge in [-0.15, -0.1) is 0 Å². The molecule has 0 N–H and O–H groups in total. The summed E-state index contributed by atoms with van der Waals surface area (Å²) in [6, 6.07) is 35.6. The van der Waals surface area contributed by atoms with Gasteiger partial charge >= 0.3 is 0 Å². The Hall–Kier alpha value is -4.18. The Kier molecular flexibility index (Phi) is 4.50. The van der Waals surface area contributed by atoms with Crippen molar-refractivity contribution in [3.8, 4) is 0 Å². The summed E-state index contributed by atoms with van der Waals surface area (Å²) in [4.78, 5) is 9.66. The molecule has 7 rings (SSSR count). The van der Waals surface area contributed by atoms with Crippen molar-refractivity contribution < 1.29 is 0 Å². The highest BCUT2D eigenvalue weighted by molar-refractivity contribution is 6.06. The number of benzene rings is 5. The molecule has 0 saturated heterocycles. The summed E-state index contributed by atoms with van der Waals surface area (Å²) >= 11 is 0. The maximum Gasteiger partial charge on any atom is 0.128 e. The third-order valence-corrected chi connectivity index (χ3v) is 8.22. The van der Waals surface area contributed by atoms with Crippen molar-refractivity contribution in [1.82, 2.24) is 0 Å². The number of nitrogens with zero attached hydrogens (tertiary/aromatic N) is 4. The van der Waals surface area contributed by atoms with Crippen molar-refractivity contribution in [3.05, 3.63) is 108 Å². The van der Waals surface area contributed by atoms with Gasteiger partial charge in [0.1, 0.15) is 12.3 Å². The van der Waals surface area contributed by atoms with E-state index in [0.29, 0.717) is 0 Å². The van der Waals surface area contributed by atoms with Crippen molar-refractivity contribution in [2.75, 3.05) is 47.8 Å². The van der Waals surface area contributed by atoms with E-state index in [2.05, 4.69) is 145 Å². The Morgan fingerprint density at radius 2 is 0.722 bits per heavy atom. The Balaban J connectivity index is 1.33. The lowest BCUT2D eigenvalue weighted by Gasteiger charge is -2.45. The first kappa shape index (κ1) is 21.1. The van der Waals surface area contributed by atoms with E-state index in [4.69, 9.17) is 0 Å². The highest BCUT2D eigenvalue weighted by Crippen LogP contribution is 2.47. The molecule has 0 aromatic heterocycles. The first-order valence-corrected chi connectivity index (χ1v) is 12.6. The number of rotatable bonds is 2. The predicted molar refractivity (Wildman–Crippen MR) is 153 cm³/mol. The number of hydrogen-bond acceptors (Lipinski definition) is 4. The fourth-order valence-electron chi connectivity index (χ4n) is 6.60. The van der Waals surface area contributed by atoms with Gasteiger partial charge in [0.2, 0.25) is 0 Å². The Morgan fingerprint density at radius 1 is 0.417 bits per heavy atom. The van der Waals surface area contributed by atoms with Crippen molar-refractivity contribution >= 4 is 44.3 Å². The molecular formula is C32H30N4. The van der Waals surface area contributed by atoms with Crippen LogP contribution in [0, 0.1) is 0 Å². The van der Waals surface area contributed by atoms with Crippen molar-refractivity contribution in [2.24, 2.45) is 0 Å². The minimum atomic E-state index is 0.111. The highest BCUT2D eigenvalue weighted by Gasteiger charge is 2.33. The van der Waals surface area contributed by atoms with Gasteiger partial charge < -0.3 is 19.6 Å². The van der Waals surface area contributed by atoms with Gasteiger partial charge in [0.25, 0.3) is 0 Å². The molecule has 2 aliphatic heterocycles. The Morgan fingerprint density at radius 3 is 1.06 bits per heavy atom. The van der Waals surface area contributed by atoms with Crippen LogP contribution < -0.4 is 19.6 Å². The van der Waals surface area contributed by atoms with Gasteiger partial charge in [-0.3, -0.25) is 0 Å². The van der Waals surface area contributed by atoms with E-state index in [1.165, 1.54) is 55.4 Å². The number of hydrogen-bond donors (Lipinski definition) is 0. The largest absolute Gasteiger partial charge is 0.350 e. The average molecular weight is 471 g/mol. The molecule has 5 aromatic rings. The predicted octanol–water partition coefficient (Wildman–Crippen LogP) is 7.16. The molecule has 2 heterocycles. The van der Waals surface area contributed by atoms with Crippen LogP contribution in [0.5, 0.6) is 0 Å². The lowest BCUT2D eigenvalue weighted by atomic mass is 9.96. The maximum absolute atomic E-state index is 2.42. The first-order valence-electron chi connectivity index (χ1n) is 12.6. The van der Waals surface area contributed by atoms with Crippen LogP contribution in [0.3, 0.4) is 0 Å². The lowest BCUT2D eigenvalue weighted by Crippen LogP contribution is -2.42. The molecule has 4 nitrogen and oxygen atoms in total. The van der Waals surface area contributed by atoms with Crippen LogP contribution in [0.1, 0.15) is 23.5 Å². The summed E-state index contributed by atoms with van der Waals surface area (Å²) in [5.41, 5.74) is 7.71. The quantitative estimate of drug-likeness (QED) is 0.271. The SMILES string of the molecule is CN1c2cccc3cccc(c23)N(C)C1c1cccc(C2N(C)c3cccc4cccc(c34)N2C)c1. The summed E-state index contributed by atoms with van der Waals surface area (Å²) in [6.07, 6.45) is 0.223. The van der Waals surface area contributed by atoms with Crippen molar-refractivity contribution in [1.29, 1.82) is 0 Å². The molecule has 0 saturated carbocycles. The standard InChI is InChI=1S/C32H30N4/c1-33-25-16-6-10-21-11-7-17-26(29(21)25)34(2)31(33)23-14-5-15-24(20-23)32-35(3)27-18-8-12-22-13-9-19-28(30(22)27)36(32)4/h5-20,31-32H,1-4H3. The third-order valence-electron chi connectivity index (χ3n) is 8.22. The van der Waals surface area contributed by atoms with Gasteiger partial charge in [-0.05, 0) is 52.2 Å². The molecule has 0 radical (unpaired) electrons. The van der Waals surface area contributed by atoms with E-state index in [9.17, 15) is 0 Å². The summed E-state index contributed by atoms with van der Waals surface area (Å²) in [6.45, 7) is 0. The molecule has 2 aliphatic rings. The van der Waals surface area contributed by atoms with Gasteiger partial charge in [0, 0.05) is 61.7 Å². The third kappa shape index (κ3) is 2.81. The maximum atomic E-state index is 2.42. The van der Waals surface area contributed by atoms with Crippen LogP contribution in [0.2, 0.25) is 0 Å². The smallest absolute Gasteiger partial charge is 0.128 e. The average Bonchev–Trinajstić information content (AvgIpc) is 2.90. The summed E-state index contributed by atoms with van der Waals surface area (Å²) in [5.74, 6) is 0. The zero-order valence-electron chi connectivity index (χ0n) is 21.2. The minimum absolute atomic E-state index is 0.111. The van der Waals surface area contributed by atoms with Crippen molar-refractivity contribution in [2.45, 2.75) is 12.3 Å². The van der Waals surface area contributed by atoms with Crippen LogP contribution in [0.4, 0.5) is 22.7 Å². The fourth-order valence-corrected chi connectivity index (χ4v) is 6.60. The van der Waals surface area contributed by atoms with Crippen LogP contribution in [0.25, 0.3) is 21.5 Å². The van der Waals surface area contributed by atoms with Crippen LogP contribution in [-0.2, 0) is 0 Å². The molecule has 0 spiro atoms. The lowest BCUT2D eigenvalue weighted by molar-refractivity contribution is 0.632. The van der Waals surface area contributed by atoms with Crippen molar-refractivity contribution in [3.63, 3.8) is 0 Å². The normalized spacial score (nSPS) is 15.9. The van der Waals surface area contributed by atoms with Gasteiger partial charge in [-0.1, -0.05) is 66.7 Å². The number of anilines is 4. The zero-order chi connectivity index (χ0) is 24.6. The molecule has 178 valence electrons. The Labute approximate surface area is 212 Å². The zero-order valence-corrected chi connectivity index (χ0v) is 21.2. The topological polar surface area (TPSA) is 13.0 Å². The van der Waals surface area contributed by atoms with E-state index < -0.39 is 0 Å². The van der Waals surface area contributed by atoms with E-state index in [1.807, 2.05) is 0 Å². The summed E-state index contributed by atoms with van der Waals surface area (Å²) in [5, 5.41) is 5.23. The molecule has 5 aromatic carbocycles. The van der Waals surface area contributed by atoms with E-state index in [1.54, 1.807) is 0 Å². The van der Waals surface area contributed by atoms with E-state index in [0.717, 1.165) is 0 Å². The van der Waals surface area contributed by atoms with Gasteiger partial charge in [0.15, 0.2) is 0 Å². The molecule has 0 atom stereocenters. The second kappa shape index (κ2) is 7.66. The molecule has 0 fully saturated rings. The molecule has 0 aliphatic carbocycles. The monoisotopic (exact) mass is 470 g/mol. The summed E-state index contributed by atoms with van der Waals surface area (Å²) in [7, 11) is 8.87. The van der Waals surface area contributed by atoms with Gasteiger partial charge in [-0.2, -0.15) is 0 Å². The van der Waals surface area contributed by atoms with Crippen LogP contribution in [-0.4, -0.2) is 28.2 Å². The van der Waals surface area contributed by atoms with Crippen LogP contribution >= 0.6 is 0 Å².